The SMILES string of the molecule is CCCCCCCOC(=O)[C@@H]1Sc2[nH]c(=O)sc2[C@@H]2c3ccc(O)cc3OC(=O)[C@@H]21. The zero-order valence-corrected chi connectivity index (χ0v) is 18.1. The molecule has 0 spiro atoms. The number of benzene rings is 1. The molecule has 1 aromatic heterocycles. The molecule has 7 nitrogen and oxygen atoms in total. The summed E-state index contributed by atoms with van der Waals surface area (Å²) >= 11 is 2.19. The molecule has 2 aromatic rings. The number of hydrogen-bond acceptors (Lipinski definition) is 8. The number of H-pyrrole nitrogens is 1. The molecule has 1 aromatic carbocycles. The summed E-state index contributed by atoms with van der Waals surface area (Å²) in [6.45, 7) is 2.45. The molecule has 3 atom stereocenters. The van der Waals surface area contributed by atoms with Crippen molar-refractivity contribution in [2.75, 3.05) is 6.61 Å². The third-order valence-corrected chi connectivity index (χ3v) is 7.79. The van der Waals surface area contributed by atoms with Gasteiger partial charge in [0.05, 0.1) is 17.6 Å². The Morgan fingerprint density at radius 1 is 1.23 bits per heavy atom. The number of phenolic OH excluding ortho intramolecular Hbond substituents is 1. The molecule has 3 heterocycles. The van der Waals surface area contributed by atoms with Crippen LogP contribution in [0.3, 0.4) is 0 Å². The summed E-state index contributed by atoms with van der Waals surface area (Å²) in [6.07, 6.45) is 5.18. The van der Waals surface area contributed by atoms with Crippen LogP contribution in [0.5, 0.6) is 11.5 Å². The van der Waals surface area contributed by atoms with Gasteiger partial charge in [-0.15, -0.1) is 0 Å². The summed E-state index contributed by atoms with van der Waals surface area (Å²) in [6, 6.07) is 4.56. The largest absolute Gasteiger partial charge is 0.508 e. The van der Waals surface area contributed by atoms with Gasteiger partial charge in [0.15, 0.2) is 0 Å². The van der Waals surface area contributed by atoms with Crippen molar-refractivity contribution in [2.45, 2.75) is 55.2 Å². The minimum atomic E-state index is -0.808. The van der Waals surface area contributed by atoms with Gasteiger partial charge in [0.2, 0.25) is 0 Å². The second kappa shape index (κ2) is 8.85. The van der Waals surface area contributed by atoms with Crippen molar-refractivity contribution < 1.29 is 24.2 Å². The Kier molecular flexibility index (Phi) is 6.19. The Morgan fingerprint density at radius 3 is 2.83 bits per heavy atom. The summed E-state index contributed by atoms with van der Waals surface area (Å²) in [5.74, 6) is -2.08. The number of nitrogens with one attached hydrogen (secondary N) is 1. The summed E-state index contributed by atoms with van der Waals surface area (Å²) in [7, 11) is 0. The van der Waals surface area contributed by atoms with Gasteiger partial charge >= 0.3 is 16.8 Å². The average Bonchev–Trinajstić information content (AvgIpc) is 3.09. The molecule has 2 N–H and O–H groups in total. The monoisotopic (exact) mass is 449 g/mol. The maximum atomic E-state index is 12.9. The van der Waals surface area contributed by atoms with Crippen molar-refractivity contribution in [3.05, 3.63) is 38.3 Å². The first-order chi connectivity index (χ1) is 14.5. The molecule has 0 radical (unpaired) electrons. The van der Waals surface area contributed by atoms with Crippen molar-refractivity contribution in [3.8, 4) is 11.5 Å². The quantitative estimate of drug-likeness (QED) is 0.376. The van der Waals surface area contributed by atoms with Gasteiger partial charge in [-0.05, 0) is 12.5 Å². The first-order valence-corrected chi connectivity index (χ1v) is 11.8. The highest BCUT2D eigenvalue weighted by molar-refractivity contribution is 8.00. The van der Waals surface area contributed by atoms with Crippen LogP contribution in [-0.2, 0) is 14.3 Å². The molecular formula is C21H23NO6S2. The number of unbranched alkanes of at least 4 members (excludes halogenated alkanes) is 4. The van der Waals surface area contributed by atoms with E-state index in [9.17, 15) is 19.5 Å². The van der Waals surface area contributed by atoms with E-state index in [1.807, 2.05) is 0 Å². The third-order valence-electron chi connectivity index (χ3n) is 5.39. The lowest BCUT2D eigenvalue weighted by Crippen LogP contribution is -2.44. The summed E-state index contributed by atoms with van der Waals surface area (Å²) < 4.78 is 10.9. The van der Waals surface area contributed by atoms with Gasteiger partial charge < -0.3 is 19.6 Å². The van der Waals surface area contributed by atoms with Crippen LogP contribution in [0.4, 0.5) is 0 Å². The molecule has 0 saturated heterocycles. The lowest BCUT2D eigenvalue weighted by molar-refractivity contribution is -0.151. The van der Waals surface area contributed by atoms with Gasteiger partial charge in [0.25, 0.3) is 0 Å². The van der Waals surface area contributed by atoms with Crippen LogP contribution >= 0.6 is 23.1 Å². The van der Waals surface area contributed by atoms with E-state index in [4.69, 9.17) is 9.47 Å². The van der Waals surface area contributed by atoms with E-state index in [2.05, 4.69) is 11.9 Å². The number of carbonyl (C=O) groups excluding carboxylic acids is 2. The molecule has 0 aliphatic carbocycles. The van der Waals surface area contributed by atoms with E-state index in [-0.39, 0.29) is 16.4 Å². The number of aromatic nitrogens is 1. The first-order valence-electron chi connectivity index (χ1n) is 10.1. The van der Waals surface area contributed by atoms with Crippen molar-refractivity contribution >= 4 is 35.0 Å². The molecule has 0 saturated carbocycles. The molecule has 30 heavy (non-hydrogen) atoms. The van der Waals surface area contributed by atoms with Crippen molar-refractivity contribution in [1.82, 2.24) is 4.98 Å². The topological polar surface area (TPSA) is 106 Å². The smallest absolute Gasteiger partial charge is 0.320 e. The number of rotatable bonds is 7. The number of ether oxygens (including phenoxy) is 2. The van der Waals surface area contributed by atoms with E-state index in [0.717, 1.165) is 55.2 Å². The standard InChI is InChI=1S/C21H23NO6S2/c1-2-3-4-5-6-9-27-20(25)17-15-14(16-18(29-17)22-21(26)30-16)12-8-7-11(23)10-13(12)28-19(15)24/h7-8,10,14-15,17,23H,2-6,9H2,1H3,(H,22,26)/t14-,15+,17-/m1/s1. The maximum Gasteiger partial charge on any atom is 0.320 e. The average molecular weight is 450 g/mol. The van der Waals surface area contributed by atoms with Crippen LogP contribution in [0.25, 0.3) is 0 Å². The van der Waals surface area contributed by atoms with Crippen LogP contribution < -0.4 is 9.61 Å². The van der Waals surface area contributed by atoms with E-state index in [1.54, 1.807) is 6.07 Å². The Bertz CT molecular complexity index is 1010. The van der Waals surface area contributed by atoms with E-state index >= 15 is 0 Å². The van der Waals surface area contributed by atoms with E-state index in [1.165, 1.54) is 12.1 Å². The predicted molar refractivity (Wildman–Crippen MR) is 113 cm³/mol. The number of thioether (sulfide) groups is 1. The molecule has 0 bridgehead atoms. The molecule has 0 unspecified atom stereocenters. The Balaban J connectivity index is 1.60. The van der Waals surface area contributed by atoms with Gasteiger partial charge in [-0.25, -0.2) is 0 Å². The first kappa shape index (κ1) is 21.0. The number of esters is 2. The van der Waals surface area contributed by atoms with Gasteiger partial charge in [-0.1, -0.05) is 61.8 Å². The van der Waals surface area contributed by atoms with Crippen LogP contribution in [-0.4, -0.2) is 33.9 Å². The fourth-order valence-electron chi connectivity index (χ4n) is 3.95. The number of thiazole rings is 1. The highest BCUT2D eigenvalue weighted by atomic mass is 32.2. The molecule has 2 aliphatic rings. The summed E-state index contributed by atoms with van der Waals surface area (Å²) in [5, 5.41) is 9.54. The highest BCUT2D eigenvalue weighted by Gasteiger charge is 2.52. The number of hydrogen-bond donors (Lipinski definition) is 2. The van der Waals surface area contributed by atoms with Crippen molar-refractivity contribution in [3.63, 3.8) is 0 Å². The fraction of sp³-hybridized carbons (Fsp3) is 0.476. The number of fused-ring (bicyclic) bond motifs is 5. The Morgan fingerprint density at radius 2 is 2.03 bits per heavy atom. The van der Waals surface area contributed by atoms with Crippen LogP contribution in [0.1, 0.15) is 55.4 Å². The molecule has 9 heteroatoms. The second-order valence-corrected chi connectivity index (χ2v) is 9.64. The van der Waals surface area contributed by atoms with Crippen LogP contribution in [0.2, 0.25) is 0 Å². The molecule has 4 rings (SSSR count). The van der Waals surface area contributed by atoms with Crippen LogP contribution in [0, 0.1) is 5.92 Å². The molecule has 160 valence electrons. The second-order valence-electron chi connectivity index (χ2n) is 7.47. The van der Waals surface area contributed by atoms with E-state index < -0.39 is 29.0 Å². The summed E-state index contributed by atoms with van der Waals surface area (Å²) in [5.41, 5.74) is 0.673. The lowest BCUT2D eigenvalue weighted by Gasteiger charge is -2.38. The molecule has 2 aliphatic heterocycles. The minimum absolute atomic E-state index is 0.0216. The van der Waals surface area contributed by atoms with Gasteiger partial charge in [-0.2, -0.15) is 0 Å². The van der Waals surface area contributed by atoms with E-state index in [0.29, 0.717) is 22.1 Å². The molecule has 0 amide bonds. The van der Waals surface area contributed by atoms with Crippen LogP contribution in [0.15, 0.2) is 28.0 Å². The predicted octanol–water partition coefficient (Wildman–Crippen LogP) is 3.80. The minimum Gasteiger partial charge on any atom is -0.508 e. The Hall–Kier alpha value is -2.26. The zero-order valence-electron chi connectivity index (χ0n) is 16.5. The lowest BCUT2D eigenvalue weighted by atomic mass is 9.80. The van der Waals surface area contributed by atoms with Gasteiger partial charge in [0, 0.05) is 22.4 Å². The Labute approximate surface area is 181 Å². The maximum absolute atomic E-state index is 12.9. The highest BCUT2D eigenvalue weighted by Crippen LogP contribution is 2.54. The molecule has 0 fully saturated rings. The summed E-state index contributed by atoms with van der Waals surface area (Å²) in [4.78, 5) is 41.0. The van der Waals surface area contributed by atoms with Crippen molar-refractivity contribution in [2.24, 2.45) is 5.92 Å². The van der Waals surface area contributed by atoms with Gasteiger partial charge in [-0.3, -0.25) is 14.4 Å². The molecular weight excluding hydrogens is 426 g/mol. The number of phenols is 1. The number of carbonyl (C=O) groups is 2. The fourth-order valence-corrected chi connectivity index (χ4v) is 6.41. The van der Waals surface area contributed by atoms with Crippen molar-refractivity contribution in [1.29, 1.82) is 0 Å². The number of aromatic amines is 1. The third kappa shape index (κ3) is 4.00. The number of aromatic hydroxyl groups is 1. The zero-order chi connectivity index (χ0) is 21.3. The normalized spacial score (nSPS) is 21.9. The van der Waals surface area contributed by atoms with Gasteiger partial charge in [0.1, 0.15) is 16.7 Å².